The Labute approximate surface area is 95.4 Å². The van der Waals surface area contributed by atoms with Gasteiger partial charge in [-0.1, -0.05) is 0 Å². The van der Waals surface area contributed by atoms with Crippen LogP contribution in [0.5, 0.6) is 0 Å². The van der Waals surface area contributed by atoms with E-state index in [0.29, 0.717) is 6.07 Å². The van der Waals surface area contributed by atoms with Crippen molar-refractivity contribution in [3.63, 3.8) is 0 Å². The van der Waals surface area contributed by atoms with Crippen LogP contribution in [0, 0.1) is 27.3 Å². The smallest absolute Gasteiger partial charge is 0.338 e. The minimum absolute atomic E-state index is 0.0827. The van der Waals surface area contributed by atoms with Crippen molar-refractivity contribution in [2.24, 2.45) is 0 Å². The average molecular weight is 238 g/mol. The SMILES string of the molecule is CCOC(=O)c1cc(F)c([N+](=O)[O-])c(C#N)c1. The maximum atomic E-state index is 13.3. The Morgan fingerprint density at radius 1 is 1.65 bits per heavy atom. The quantitative estimate of drug-likeness (QED) is 0.454. The number of hydrogen-bond donors (Lipinski definition) is 0. The van der Waals surface area contributed by atoms with E-state index in [4.69, 9.17) is 5.26 Å². The molecule has 7 heteroatoms. The van der Waals surface area contributed by atoms with Gasteiger partial charge in [-0.05, 0) is 19.1 Å². The normalized spacial score (nSPS) is 9.47. The number of carbonyl (C=O) groups excluding carboxylic acids is 1. The summed E-state index contributed by atoms with van der Waals surface area (Å²) in [5.41, 5.74) is -1.69. The lowest BCUT2D eigenvalue weighted by Crippen LogP contribution is -2.07. The zero-order valence-electron chi connectivity index (χ0n) is 8.77. The molecule has 1 rings (SSSR count). The van der Waals surface area contributed by atoms with Crippen molar-refractivity contribution in [3.05, 3.63) is 39.2 Å². The van der Waals surface area contributed by atoms with Gasteiger partial charge in [0.25, 0.3) is 0 Å². The largest absolute Gasteiger partial charge is 0.462 e. The predicted octanol–water partition coefficient (Wildman–Crippen LogP) is 1.78. The lowest BCUT2D eigenvalue weighted by atomic mass is 10.1. The molecule has 0 bridgehead atoms. The molecule has 1 aromatic rings. The van der Waals surface area contributed by atoms with Gasteiger partial charge in [0.05, 0.1) is 17.1 Å². The van der Waals surface area contributed by atoms with Crippen molar-refractivity contribution in [3.8, 4) is 6.07 Å². The van der Waals surface area contributed by atoms with Crippen molar-refractivity contribution in [2.75, 3.05) is 6.61 Å². The van der Waals surface area contributed by atoms with Gasteiger partial charge in [-0.2, -0.15) is 9.65 Å². The summed E-state index contributed by atoms with van der Waals surface area (Å²) >= 11 is 0. The Hall–Kier alpha value is -2.49. The van der Waals surface area contributed by atoms with Crippen LogP contribution in [0.3, 0.4) is 0 Å². The standard InChI is InChI=1S/C10H7FN2O4/c1-2-17-10(14)6-3-7(5-12)9(13(15)16)8(11)4-6/h3-4H,2H2,1H3. The molecular formula is C10H7FN2O4. The molecule has 0 fully saturated rings. The van der Waals surface area contributed by atoms with Crippen LogP contribution < -0.4 is 0 Å². The minimum atomic E-state index is -1.24. The maximum absolute atomic E-state index is 13.3. The molecule has 0 amide bonds. The molecule has 17 heavy (non-hydrogen) atoms. The topological polar surface area (TPSA) is 93.2 Å². The van der Waals surface area contributed by atoms with Crippen molar-refractivity contribution in [2.45, 2.75) is 6.92 Å². The van der Waals surface area contributed by atoms with Gasteiger partial charge in [0.1, 0.15) is 11.6 Å². The van der Waals surface area contributed by atoms with E-state index in [1.807, 2.05) is 0 Å². The van der Waals surface area contributed by atoms with E-state index in [1.165, 1.54) is 6.07 Å². The van der Waals surface area contributed by atoms with Crippen LogP contribution in [0.4, 0.5) is 10.1 Å². The first-order valence-corrected chi connectivity index (χ1v) is 4.56. The number of nitro benzene ring substituents is 1. The number of nitro groups is 1. The second-order valence-electron chi connectivity index (χ2n) is 2.94. The van der Waals surface area contributed by atoms with Crippen molar-refractivity contribution in [1.29, 1.82) is 5.26 Å². The third kappa shape index (κ3) is 2.55. The molecule has 0 aliphatic carbocycles. The lowest BCUT2D eigenvalue weighted by molar-refractivity contribution is -0.387. The Balaban J connectivity index is 3.33. The van der Waals surface area contributed by atoms with E-state index in [0.717, 1.165) is 6.07 Å². The number of ether oxygens (including phenoxy) is 1. The van der Waals surface area contributed by atoms with Crippen LogP contribution in [0.25, 0.3) is 0 Å². The van der Waals surface area contributed by atoms with E-state index in [-0.39, 0.29) is 12.2 Å². The second kappa shape index (κ2) is 5.03. The first kappa shape index (κ1) is 12.6. The number of carbonyl (C=O) groups is 1. The maximum Gasteiger partial charge on any atom is 0.338 e. The molecule has 0 aliphatic rings. The van der Waals surface area contributed by atoms with Crippen LogP contribution in [0.2, 0.25) is 0 Å². The number of hydrogen-bond acceptors (Lipinski definition) is 5. The average Bonchev–Trinajstić information content (AvgIpc) is 2.27. The molecule has 88 valence electrons. The summed E-state index contributed by atoms with van der Waals surface area (Å²) in [4.78, 5) is 20.8. The zero-order chi connectivity index (χ0) is 13.0. The number of nitriles is 1. The Kier molecular flexibility index (Phi) is 3.72. The molecule has 0 spiro atoms. The fourth-order valence-corrected chi connectivity index (χ4v) is 1.20. The summed E-state index contributed by atoms with van der Waals surface area (Å²) in [6.45, 7) is 1.64. The molecule has 0 atom stereocenters. The van der Waals surface area contributed by atoms with E-state index < -0.39 is 28.0 Å². The molecule has 0 aromatic heterocycles. The van der Waals surface area contributed by atoms with Gasteiger partial charge >= 0.3 is 11.7 Å². The molecule has 1 aromatic carbocycles. The number of halogens is 1. The first-order valence-electron chi connectivity index (χ1n) is 4.56. The molecular weight excluding hydrogens is 231 g/mol. The third-order valence-corrected chi connectivity index (χ3v) is 1.88. The van der Waals surface area contributed by atoms with E-state index >= 15 is 0 Å². The highest BCUT2D eigenvalue weighted by molar-refractivity contribution is 5.90. The van der Waals surface area contributed by atoms with E-state index in [1.54, 1.807) is 6.92 Å². The van der Waals surface area contributed by atoms with Gasteiger partial charge in [-0.25, -0.2) is 4.79 Å². The van der Waals surface area contributed by atoms with Gasteiger partial charge in [-0.3, -0.25) is 10.1 Å². The molecule has 0 aliphatic heterocycles. The van der Waals surface area contributed by atoms with E-state index in [9.17, 15) is 19.3 Å². The molecule has 0 heterocycles. The molecule has 6 nitrogen and oxygen atoms in total. The molecule has 0 N–H and O–H groups in total. The highest BCUT2D eigenvalue weighted by Gasteiger charge is 2.23. The van der Waals surface area contributed by atoms with Gasteiger partial charge in [0.15, 0.2) is 0 Å². The highest BCUT2D eigenvalue weighted by atomic mass is 19.1. The van der Waals surface area contributed by atoms with Crippen LogP contribution in [-0.2, 0) is 4.74 Å². The number of esters is 1. The number of nitrogens with zero attached hydrogens (tertiary/aromatic N) is 2. The van der Waals surface area contributed by atoms with Crippen LogP contribution in [0.1, 0.15) is 22.8 Å². The third-order valence-electron chi connectivity index (χ3n) is 1.88. The summed E-state index contributed by atoms with van der Waals surface area (Å²) in [6, 6.07) is 3.07. The van der Waals surface area contributed by atoms with E-state index in [2.05, 4.69) is 4.74 Å². The fourth-order valence-electron chi connectivity index (χ4n) is 1.20. The summed E-state index contributed by atoms with van der Waals surface area (Å²) in [5.74, 6) is -2.07. The summed E-state index contributed by atoms with van der Waals surface area (Å²) < 4.78 is 17.9. The highest BCUT2D eigenvalue weighted by Crippen LogP contribution is 2.24. The van der Waals surface area contributed by atoms with Crippen LogP contribution in [-0.4, -0.2) is 17.5 Å². The summed E-state index contributed by atoms with van der Waals surface area (Å²) in [5, 5.41) is 19.2. The molecule has 0 unspecified atom stereocenters. The summed E-state index contributed by atoms with van der Waals surface area (Å²) in [7, 11) is 0. The number of rotatable bonds is 3. The summed E-state index contributed by atoms with van der Waals surface area (Å²) in [6.07, 6.45) is 0. The zero-order valence-corrected chi connectivity index (χ0v) is 8.77. The Bertz CT molecular complexity index is 522. The second-order valence-corrected chi connectivity index (χ2v) is 2.94. The van der Waals surface area contributed by atoms with Gasteiger partial charge in [0.2, 0.25) is 5.82 Å². The van der Waals surface area contributed by atoms with Crippen molar-refractivity contribution >= 4 is 11.7 Å². The van der Waals surface area contributed by atoms with Gasteiger partial charge in [0, 0.05) is 0 Å². The van der Waals surface area contributed by atoms with Gasteiger partial charge in [-0.15, -0.1) is 0 Å². The Morgan fingerprint density at radius 2 is 2.29 bits per heavy atom. The number of benzene rings is 1. The van der Waals surface area contributed by atoms with Crippen molar-refractivity contribution < 1.29 is 18.8 Å². The molecule has 0 radical (unpaired) electrons. The Morgan fingerprint density at radius 3 is 2.76 bits per heavy atom. The minimum Gasteiger partial charge on any atom is -0.462 e. The van der Waals surface area contributed by atoms with Gasteiger partial charge < -0.3 is 4.74 Å². The molecule has 0 saturated heterocycles. The monoisotopic (exact) mass is 238 g/mol. The van der Waals surface area contributed by atoms with Crippen molar-refractivity contribution in [1.82, 2.24) is 0 Å². The fraction of sp³-hybridized carbons (Fsp3) is 0.200. The van der Waals surface area contributed by atoms with Crippen LogP contribution >= 0.6 is 0 Å². The first-order chi connectivity index (χ1) is 8.01. The van der Waals surface area contributed by atoms with Crippen LogP contribution in [0.15, 0.2) is 12.1 Å². The molecule has 0 saturated carbocycles. The lowest BCUT2D eigenvalue weighted by Gasteiger charge is -2.03. The predicted molar refractivity (Wildman–Crippen MR) is 53.7 cm³/mol.